The minimum atomic E-state index is -0.199. The Hall–Kier alpha value is -1.52. The molecular formula is C12H10ClNO2S. The highest BCUT2D eigenvalue weighted by Gasteiger charge is 2.11. The van der Waals surface area contributed by atoms with Gasteiger partial charge in [0.15, 0.2) is 0 Å². The first-order chi connectivity index (χ1) is 8.20. The monoisotopic (exact) mass is 267 g/mol. The van der Waals surface area contributed by atoms with Crippen LogP contribution in [0.2, 0.25) is 5.02 Å². The number of carbonyl (C=O) groups is 1. The predicted octanol–water partition coefficient (Wildman–Crippen LogP) is 3.66. The fraction of sp³-hybridized carbons (Fsp3) is 0.0833. The Morgan fingerprint density at radius 3 is 2.53 bits per heavy atom. The number of nitrogens with one attached hydrogen (secondary N) is 1. The molecule has 1 aromatic carbocycles. The first kappa shape index (κ1) is 12.0. The van der Waals surface area contributed by atoms with Crippen LogP contribution in [0.5, 0.6) is 5.75 Å². The molecule has 2 rings (SSSR count). The average molecular weight is 268 g/mol. The maximum Gasteiger partial charge on any atom is 0.267 e. The molecule has 0 unspecified atom stereocenters. The number of hydrogen-bond donors (Lipinski definition) is 1. The van der Waals surface area contributed by atoms with Crippen molar-refractivity contribution < 1.29 is 9.53 Å². The second-order valence-corrected chi connectivity index (χ2v) is 4.60. The molecule has 88 valence electrons. The maximum absolute atomic E-state index is 11.8. The van der Waals surface area contributed by atoms with Gasteiger partial charge in [0.1, 0.15) is 10.6 Å². The van der Waals surface area contributed by atoms with Crippen LogP contribution in [0.4, 0.5) is 5.69 Å². The molecule has 0 spiro atoms. The number of rotatable bonds is 3. The molecule has 1 aromatic heterocycles. The Balaban J connectivity index is 2.10. The number of anilines is 1. The van der Waals surface area contributed by atoms with Crippen molar-refractivity contribution in [3.63, 3.8) is 0 Å². The molecule has 5 heteroatoms. The highest BCUT2D eigenvalue weighted by Crippen LogP contribution is 2.23. The zero-order valence-corrected chi connectivity index (χ0v) is 10.6. The van der Waals surface area contributed by atoms with Crippen LogP contribution in [0.15, 0.2) is 35.7 Å². The summed E-state index contributed by atoms with van der Waals surface area (Å²) in [6, 6.07) is 8.82. The number of methoxy groups -OCH3 is 1. The van der Waals surface area contributed by atoms with Gasteiger partial charge < -0.3 is 10.1 Å². The van der Waals surface area contributed by atoms with Gasteiger partial charge in [-0.15, -0.1) is 11.3 Å². The molecule has 17 heavy (non-hydrogen) atoms. The van der Waals surface area contributed by atoms with Crippen molar-refractivity contribution in [2.24, 2.45) is 0 Å². The van der Waals surface area contributed by atoms with Crippen molar-refractivity contribution in [2.75, 3.05) is 12.4 Å². The van der Waals surface area contributed by atoms with E-state index in [4.69, 9.17) is 16.3 Å². The van der Waals surface area contributed by atoms with E-state index in [9.17, 15) is 4.79 Å². The molecule has 2 aromatic rings. The fourth-order valence-electron chi connectivity index (χ4n) is 1.32. The molecular weight excluding hydrogens is 258 g/mol. The molecule has 0 aliphatic heterocycles. The minimum absolute atomic E-state index is 0.199. The van der Waals surface area contributed by atoms with Gasteiger partial charge in [-0.3, -0.25) is 4.79 Å². The molecule has 0 aliphatic rings. The van der Waals surface area contributed by atoms with Crippen LogP contribution in [0, 0.1) is 0 Å². The van der Waals surface area contributed by atoms with Crippen molar-refractivity contribution in [3.8, 4) is 5.75 Å². The van der Waals surface area contributed by atoms with E-state index in [1.165, 1.54) is 11.3 Å². The van der Waals surface area contributed by atoms with Crippen molar-refractivity contribution in [1.29, 1.82) is 0 Å². The van der Waals surface area contributed by atoms with Gasteiger partial charge in [0, 0.05) is 5.69 Å². The molecule has 1 N–H and O–H groups in total. The third-order valence-corrected chi connectivity index (χ3v) is 3.51. The van der Waals surface area contributed by atoms with Crippen LogP contribution in [0.1, 0.15) is 9.67 Å². The highest BCUT2D eigenvalue weighted by atomic mass is 35.5. The highest BCUT2D eigenvalue weighted by molar-refractivity contribution is 7.12. The number of benzene rings is 1. The lowest BCUT2D eigenvalue weighted by Gasteiger charge is -2.05. The Morgan fingerprint density at radius 2 is 2.00 bits per heavy atom. The summed E-state index contributed by atoms with van der Waals surface area (Å²) in [4.78, 5) is 12.4. The quantitative estimate of drug-likeness (QED) is 0.922. The number of carbonyl (C=O) groups excluding carboxylic acids is 1. The predicted molar refractivity (Wildman–Crippen MR) is 70.3 cm³/mol. The van der Waals surface area contributed by atoms with Crippen molar-refractivity contribution in [2.45, 2.75) is 0 Å². The van der Waals surface area contributed by atoms with E-state index in [1.54, 1.807) is 42.8 Å². The van der Waals surface area contributed by atoms with Gasteiger partial charge in [-0.2, -0.15) is 0 Å². The fourth-order valence-corrected chi connectivity index (χ4v) is 2.35. The lowest BCUT2D eigenvalue weighted by molar-refractivity contribution is 0.103. The zero-order chi connectivity index (χ0) is 12.3. The summed E-state index contributed by atoms with van der Waals surface area (Å²) < 4.78 is 5.03. The average Bonchev–Trinajstić information content (AvgIpc) is 2.76. The molecule has 1 amide bonds. The SMILES string of the molecule is COc1ccc(NC(=O)c2sccc2Cl)cc1. The van der Waals surface area contributed by atoms with Gasteiger partial charge >= 0.3 is 0 Å². The summed E-state index contributed by atoms with van der Waals surface area (Å²) in [5.74, 6) is 0.548. The summed E-state index contributed by atoms with van der Waals surface area (Å²) in [6.45, 7) is 0. The third kappa shape index (κ3) is 2.78. The number of amides is 1. The van der Waals surface area contributed by atoms with E-state index in [2.05, 4.69) is 5.32 Å². The molecule has 1 heterocycles. The van der Waals surface area contributed by atoms with Crippen LogP contribution in [-0.2, 0) is 0 Å². The van der Waals surface area contributed by atoms with E-state index in [1.807, 2.05) is 0 Å². The maximum atomic E-state index is 11.8. The summed E-state index contributed by atoms with van der Waals surface area (Å²) in [6.07, 6.45) is 0. The standard InChI is InChI=1S/C12H10ClNO2S/c1-16-9-4-2-8(3-5-9)14-12(15)11-10(13)6-7-17-11/h2-7H,1H3,(H,14,15). The van der Waals surface area contributed by atoms with Crippen molar-refractivity contribution in [3.05, 3.63) is 45.6 Å². The number of thiophene rings is 1. The Morgan fingerprint density at radius 1 is 1.29 bits per heavy atom. The number of ether oxygens (including phenoxy) is 1. The van der Waals surface area contributed by atoms with E-state index in [0.717, 1.165) is 5.75 Å². The van der Waals surface area contributed by atoms with Crippen LogP contribution in [0.25, 0.3) is 0 Å². The third-order valence-electron chi connectivity index (χ3n) is 2.17. The van der Waals surface area contributed by atoms with E-state index >= 15 is 0 Å². The van der Waals surface area contributed by atoms with Gasteiger partial charge in [-0.05, 0) is 35.7 Å². The normalized spacial score (nSPS) is 10.0. The number of halogens is 1. The van der Waals surface area contributed by atoms with Crippen molar-refractivity contribution in [1.82, 2.24) is 0 Å². The van der Waals surface area contributed by atoms with E-state index < -0.39 is 0 Å². The van der Waals surface area contributed by atoms with Crippen molar-refractivity contribution >= 4 is 34.5 Å². The number of hydrogen-bond acceptors (Lipinski definition) is 3. The molecule has 3 nitrogen and oxygen atoms in total. The van der Waals surface area contributed by atoms with Crippen LogP contribution < -0.4 is 10.1 Å². The summed E-state index contributed by atoms with van der Waals surface area (Å²) in [7, 11) is 1.60. The lowest BCUT2D eigenvalue weighted by atomic mass is 10.3. The lowest BCUT2D eigenvalue weighted by Crippen LogP contribution is -2.10. The van der Waals surface area contributed by atoms with Gasteiger partial charge in [0.05, 0.1) is 12.1 Å². The molecule has 0 aliphatic carbocycles. The summed E-state index contributed by atoms with van der Waals surface area (Å²) in [5, 5.41) is 5.02. The van der Waals surface area contributed by atoms with Crippen LogP contribution in [0.3, 0.4) is 0 Å². The van der Waals surface area contributed by atoms with Gasteiger partial charge in [-0.25, -0.2) is 0 Å². The largest absolute Gasteiger partial charge is 0.497 e. The van der Waals surface area contributed by atoms with Crippen LogP contribution in [-0.4, -0.2) is 13.0 Å². The minimum Gasteiger partial charge on any atom is -0.497 e. The Labute approximate surface area is 108 Å². The Bertz CT molecular complexity index is 522. The first-order valence-corrected chi connectivity index (χ1v) is 6.15. The molecule has 0 fully saturated rings. The summed E-state index contributed by atoms with van der Waals surface area (Å²) >= 11 is 7.19. The smallest absolute Gasteiger partial charge is 0.267 e. The van der Waals surface area contributed by atoms with Gasteiger partial charge in [0.25, 0.3) is 5.91 Å². The van der Waals surface area contributed by atoms with Crippen LogP contribution >= 0.6 is 22.9 Å². The second-order valence-electron chi connectivity index (χ2n) is 3.28. The molecule has 0 radical (unpaired) electrons. The Kier molecular flexibility index (Phi) is 3.66. The molecule has 0 atom stereocenters. The van der Waals surface area contributed by atoms with Gasteiger partial charge in [-0.1, -0.05) is 11.6 Å². The van der Waals surface area contributed by atoms with Gasteiger partial charge in [0.2, 0.25) is 0 Å². The second kappa shape index (κ2) is 5.21. The first-order valence-electron chi connectivity index (χ1n) is 4.89. The van der Waals surface area contributed by atoms with E-state index in [-0.39, 0.29) is 5.91 Å². The molecule has 0 saturated heterocycles. The molecule has 0 saturated carbocycles. The summed E-state index contributed by atoms with van der Waals surface area (Å²) in [5.41, 5.74) is 0.709. The topological polar surface area (TPSA) is 38.3 Å². The molecule has 0 bridgehead atoms. The van der Waals surface area contributed by atoms with E-state index in [0.29, 0.717) is 15.6 Å². The zero-order valence-electron chi connectivity index (χ0n) is 9.07.